The molecule has 1 N–H and O–H groups in total. The smallest absolute Gasteiger partial charge is 0.129 e. The molecule has 0 aliphatic heterocycles. The maximum absolute atomic E-state index is 8.97. The van der Waals surface area contributed by atoms with Crippen LogP contribution in [0.4, 0.5) is 0 Å². The quantitative estimate of drug-likeness (QED) is 0.829. The second-order valence-corrected chi connectivity index (χ2v) is 4.64. The van der Waals surface area contributed by atoms with E-state index in [1.54, 1.807) is 12.1 Å². The summed E-state index contributed by atoms with van der Waals surface area (Å²) in [5, 5.41) is 10.0. The van der Waals surface area contributed by atoms with Crippen LogP contribution < -0.4 is 0 Å². The number of aromatic nitrogens is 1. The van der Waals surface area contributed by atoms with Crippen LogP contribution in [-0.4, -0.2) is 34.2 Å². The lowest BCUT2D eigenvalue weighted by atomic mass is 10.2. The lowest BCUT2D eigenvalue weighted by Crippen LogP contribution is -2.33. The van der Waals surface area contributed by atoms with Crippen LogP contribution in [0.1, 0.15) is 19.5 Å². The van der Waals surface area contributed by atoms with Crippen molar-refractivity contribution in [1.29, 1.82) is 0 Å². The molecule has 1 aromatic heterocycles. The predicted octanol–water partition coefficient (Wildman–Crippen LogP) is 2.59. The molecule has 0 saturated heterocycles. The van der Waals surface area contributed by atoms with Crippen molar-refractivity contribution in [2.24, 2.45) is 0 Å². The Morgan fingerprint density at radius 1 is 1.38 bits per heavy atom. The number of hydrogen-bond donors (Lipinski definition) is 1. The molecule has 5 heteroatoms. The van der Waals surface area contributed by atoms with Crippen molar-refractivity contribution in [3.05, 3.63) is 28.0 Å². The van der Waals surface area contributed by atoms with Crippen LogP contribution in [0.25, 0.3) is 0 Å². The Kier molecular flexibility index (Phi) is 5.49. The summed E-state index contributed by atoms with van der Waals surface area (Å²) in [6, 6.07) is 3.73. The highest BCUT2D eigenvalue weighted by Crippen LogP contribution is 2.19. The first-order chi connectivity index (χ1) is 7.54. The topological polar surface area (TPSA) is 36.4 Å². The first kappa shape index (κ1) is 13.7. The summed E-state index contributed by atoms with van der Waals surface area (Å²) in [6.45, 7) is 5.44. The second-order valence-electron chi connectivity index (χ2n) is 3.85. The predicted molar refractivity (Wildman–Crippen MR) is 66.9 cm³/mol. The normalized spacial score (nSPS) is 11.4. The fourth-order valence-corrected chi connectivity index (χ4v) is 1.74. The van der Waals surface area contributed by atoms with E-state index in [0.29, 0.717) is 29.3 Å². The van der Waals surface area contributed by atoms with Gasteiger partial charge >= 0.3 is 0 Å². The van der Waals surface area contributed by atoms with Crippen molar-refractivity contribution in [3.63, 3.8) is 0 Å². The minimum absolute atomic E-state index is 0.121. The molecule has 90 valence electrons. The van der Waals surface area contributed by atoms with E-state index >= 15 is 0 Å². The molecule has 16 heavy (non-hydrogen) atoms. The lowest BCUT2D eigenvalue weighted by molar-refractivity contribution is 0.158. The van der Waals surface area contributed by atoms with Gasteiger partial charge < -0.3 is 5.11 Å². The van der Waals surface area contributed by atoms with Gasteiger partial charge in [-0.15, -0.1) is 0 Å². The number of rotatable bonds is 5. The van der Waals surface area contributed by atoms with Crippen molar-refractivity contribution in [2.75, 3.05) is 13.2 Å². The van der Waals surface area contributed by atoms with E-state index in [1.165, 1.54) is 0 Å². The number of nitrogens with zero attached hydrogens (tertiary/aromatic N) is 2. The average molecular weight is 263 g/mol. The van der Waals surface area contributed by atoms with Gasteiger partial charge in [-0.25, -0.2) is 4.98 Å². The van der Waals surface area contributed by atoms with Gasteiger partial charge in [-0.05, 0) is 26.0 Å². The summed E-state index contributed by atoms with van der Waals surface area (Å²) in [7, 11) is 0. The molecule has 0 fully saturated rings. The standard InChI is InChI=1S/C11H16Cl2N2O/c1-8(2)15(5-6-16)7-10-9(12)3-4-11(13)14-10/h3-4,8,16H,5-7H2,1-2H3. The first-order valence-electron chi connectivity index (χ1n) is 5.20. The molecule has 0 radical (unpaired) electrons. The third-order valence-corrected chi connectivity index (χ3v) is 2.91. The van der Waals surface area contributed by atoms with Crippen molar-refractivity contribution < 1.29 is 5.11 Å². The van der Waals surface area contributed by atoms with E-state index in [2.05, 4.69) is 23.7 Å². The molecular weight excluding hydrogens is 247 g/mol. The van der Waals surface area contributed by atoms with Crippen molar-refractivity contribution in [1.82, 2.24) is 9.88 Å². The fourth-order valence-electron chi connectivity index (χ4n) is 1.41. The molecule has 1 heterocycles. The molecule has 0 amide bonds. The van der Waals surface area contributed by atoms with Crippen LogP contribution in [0.2, 0.25) is 10.2 Å². The maximum atomic E-state index is 8.97. The summed E-state index contributed by atoms with van der Waals surface area (Å²) in [5.41, 5.74) is 0.747. The molecule has 0 aromatic carbocycles. The van der Waals surface area contributed by atoms with Crippen LogP contribution in [-0.2, 0) is 6.54 Å². The van der Waals surface area contributed by atoms with E-state index in [0.717, 1.165) is 5.69 Å². The summed E-state index contributed by atoms with van der Waals surface area (Å²) >= 11 is 11.9. The summed E-state index contributed by atoms with van der Waals surface area (Å²) in [5.74, 6) is 0. The van der Waals surface area contributed by atoms with Crippen molar-refractivity contribution in [3.8, 4) is 0 Å². The maximum Gasteiger partial charge on any atom is 0.129 e. The van der Waals surface area contributed by atoms with Gasteiger partial charge in [0.2, 0.25) is 0 Å². The van der Waals surface area contributed by atoms with E-state index in [4.69, 9.17) is 28.3 Å². The Bertz CT molecular complexity index is 345. The van der Waals surface area contributed by atoms with Gasteiger partial charge in [0.25, 0.3) is 0 Å². The molecule has 3 nitrogen and oxygen atoms in total. The zero-order valence-electron chi connectivity index (χ0n) is 9.45. The SMILES string of the molecule is CC(C)N(CCO)Cc1nc(Cl)ccc1Cl. The van der Waals surface area contributed by atoms with E-state index < -0.39 is 0 Å². The van der Waals surface area contributed by atoms with E-state index in [-0.39, 0.29) is 6.61 Å². The van der Waals surface area contributed by atoms with Crippen molar-refractivity contribution >= 4 is 23.2 Å². The highest BCUT2D eigenvalue weighted by molar-refractivity contribution is 6.32. The van der Waals surface area contributed by atoms with Crippen LogP contribution >= 0.6 is 23.2 Å². The van der Waals surface area contributed by atoms with E-state index in [9.17, 15) is 0 Å². The second kappa shape index (κ2) is 6.40. The zero-order valence-corrected chi connectivity index (χ0v) is 11.0. The number of hydrogen-bond acceptors (Lipinski definition) is 3. The highest BCUT2D eigenvalue weighted by atomic mass is 35.5. The lowest BCUT2D eigenvalue weighted by Gasteiger charge is -2.25. The van der Waals surface area contributed by atoms with Gasteiger partial charge in [-0.1, -0.05) is 23.2 Å². The number of aliphatic hydroxyl groups is 1. The average Bonchev–Trinajstić information content (AvgIpc) is 2.22. The zero-order chi connectivity index (χ0) is 12.1. The molecule has 0 spiro atoms. The minimum Gasteiger partial charge on any atom is -0.395 e. The number of pyridine rings is 1. The Balaban J connectivity index is 2.80. The molecule has 0 atom stereocenters. The molecule has 0 saturated carbocycles. The summed E-state index contributed by atoms with van der Waals surface area (Å²) in [6.07, 6.45) is 0. The number of halogens is 2. The molecular formula is C11H16Cl2N2O. The largest absolute Gasteiger partial charge is 0.395 e. The number of aliphatic hydroxyl groups excluding tert-OH is 1. The van der Waals surface area contributed by atoms with Gasteiger partial charge in [-0.3, -0.25) is 4.90 Å². The van der Waals surface area contributed by atoms with Crippen LogP contribution in [0.3, 0.4) is 0 Å². The van der Waals surface area contributed by atoms with Crippen LogP contribution in [0, 0.1) is 0 Å². The summed E-state index contributed by atoms with van der Waals surface area (Å²) in [4.78, 5) is 6.28. The third-order valence-electron chi connectivity index (χ3n) is 2.36. The van der Waals surface area contributed by atoms with Gasteiger partial charge in [-0.2, -0.15) is 0 Å². The molecule has 0 unspecified atom stereocenters. The van der Waals surface area contributed by atoms with Gasteiger partial charge in [0, 0.05) is 19.1 Å². The molecule has 1 rings (SSSR count). The van der Waals surface area contributed by atoms with Gasteiger partial charge in [0.15, 0.2) is 0 Å². The molecule has 0 aliphatic carbocycles. The molecule has 0 aliphatic rings. The minimum atomic E-state index is 0.121. The Labute approximate surface area is 106 Å². The van der Waals surface area contributed by atoms with Crippen LogP contribution in [0.15, 0.2) is 12.1 Å². The van der Waals surface area contributed by atoms with Crippen LogP contribution in [0.5, 0.6) is 0 Å². The fraction of sp³-hybridized carbons (Fsp3) is 0.545. The molecule has 1 aromatic rings. The Morgan fingerprint density at radius 3 is 2.62 bits per heavy atom. The van der Waals surface area contributed by atoms with Gasteiger partial charge in [0.1, 0.15) is 5.15 Å². The highest BCUT2D eigenvalue weighted by Gasteiger charge is 2.12. The third kappa shape index (κ3) is 3.91. The molecule has 0 bridgehead atoms. The van der Waals surface area contributed by atoms with E-state index in [1.807, 2.05) is 0 Å². The Morgan fingerprint density at radius 2 is 2.06 bits per heavy atom. The van der Waals surface area contributed by atoms with Crippen molar-refractivity contribution in [2.45, 2.75) is 26.4 Å². The summed E-state index contributed by atoms with van der Waals surface area (Å²) < 4.78 is 0. The van der Waals surface area contributed by atoms with Gasteiger partial charge in [0.05, 0.1) is 17.3 Å². The Hall–Kier alpha value is -0.350. The monoisotopic (exact) mass is 262 g/mol. The first-order valence-corrected chi connectivity index (χ1v) is 5.96.